The van der Waals surface area contributed by atoms with E-state index >= 15 is 0 Å². The number of carbonyl (C=O) groups is 2. The third-order valence-corrected chi connectivity index (χ3v) is 10.8. The largest absolute Gasteiger partial charge is 0.506 e. The monoisotopic (exact) mass is 729 g/mol. The van der Waals surface area contributed by atoms with Crippen molar-refractivity contribution in [3.63, 3.8) is 0 Å². The van der Waals surface area contributed by atoms with Gasteiger partial charge in [0.25, 0.3) is 5.91 Å². The Hall–Kier alpha value is -5.49. The van der Waals surface area contributed by atoms with Gasteiger partial charge in [-0.2, -0.15) is 0 Å². The number of fused-ring (bicyclic) bond motifs is 2. The van der Waals surface area contributed by atoms with Crippen LogP contribution in [0.3, 0.4) is 0 Å². The van der Waals surface area contributed by atoms with Crippen molar-refractivity contribution in [2.45, 2.75) is 31.5 Å². The minimum absolute atomic E-state index is 0.0158. The Morgan fingerprint density at radius 3 is 2.41 bits per heavy atom. The van der Waals surface area contributed by atoms with E-state index < -0.39 is 12.2 Å². The Labute approximate surface area is 314 Å². The zero-order valence-corrected chi connectivity index (χ0v) is 30.4. The van der Waals surface area contributed by atoms with Gasteiger partial charge in [-0.05, 0) is 84.7 Å². The lowest BCUT2D eigenvalue weighted by Gasteiger charge is -2.23. The highest BCUT2D eigenvalue weighted by molar-refractivity contribution is 5.94. The molecule has 1 saturated carbocycles. The molecule has 0 radical (unpaired) electrons. The minimum Gasteiger partial charge on any atom is -0.506 e. The summed E-state index contributed by atoms with van der Waals surface area (Å²) >= 11 is 0. The number of aromatic hydroxyl groups is 1. The Kier molecular flexibility index (Phi) is 11.4. The van der Waals surface area contributed by atoms with Gasteiger partial charge in [-0.1, -0.05) is 66.7 Å². The third-order valence-electron chi connectivity index (χ3n) is 10.8. The first-order chi connectivity index (χ1) is 26.2. The van der Waals surface area contributed by atoms with Crippen LogP contribution in [0.25, 0.3) is 22.0 Å². The number of ether oxygens (including phenoxy) is 1. The van der Waals surface area contributed by atoms with E-state index in [1.807, 2.05) is 85.9 Å². The molecule has 1 aliphatic carbocycles. The molecule has 0 spiro atoms. The van der Waals surface area contributed by atoms with Crippen LogP contribution >= 0.6 is 0 Å². The van der Waals surface area contributed by atoms with E-state index in [9.17, 15) is 24.6 Å². The number of hydrogen-bond donors (Lipinski definition) is 5. The minimum atomic E-state index is -0.825. The molecule has 1 aliphatic heterocycles. The number of benzene rings is 4. The number of likely N-dealkylation sites (tertiary alicyclic amines) is 1. The summed E-state index contributed by atoms with van der Waals surface area (Å²) in [5, 5.41) is 27.7. The molecule has 2 aliphatic rings. The second kappa shape index (κ2) is 16.7. The lowest BCUT2D eigenvalue weighted by molar-refractivity contribution is 0.0778. The molecule has 2 amide bonds. The Bertz CT molecular complexity index is 2120. The predicted octanol–water partition coefficient (Wildman–Crippen LogP) is 5.80. The molecule has 5 aromatic rings. The molecular formula is C43H47N5O6. The summed E-state index contributed by atoms with van der Waals surface area (Å²) in [5.41, 5.74) is 5.05. The summed E-state index contributed by atoms with van der Waals surface area (Å²) in [5.74, 6) is 0.897. The number of hydrogen-bond acceptors (Lipinski definition) is 8. The molecule has 280 valence electrons. The number of anilines is 1. The van der Waals surface area contributed by atoms with Gasteiger partial charge in [-0.15, -0.1) is 0 Å². The number of aliphatic hydroxyl groups excluding tert-OH is 1. The standard InChI is InChI=1S/C43H47N5O6/c1-47(42(52)30-13-11-28(12-14-30)19-20-44-25-39(50)35-15-17-38(49)41-36(35)16-18-40(51)46-41)21-22-48-26-31-23-33(24-32(31)27-48)54-43(53)45-37-10-6-5-9-34(37)29-7-3-2-4-8-29/h2-18,31-33,39,44,49-50H,19-27H2,1H3,(H,45,53)(H,46,51)/t31-,32+,33?,39-/m0/s1. The fraction of sp³-hybridized carbons (Fsp3) is 0.326. The summed E-state index contributed by atoms with van der Waals surface area (Å²) in [4.78, 5) is 44.6. The van der Waals surface area contributed by atoms with Crippen molar-refractivity contribution in [2.24, 2.45) is 11.8 Å². The Morgan fingerprint density at radius 1 is 0.926 bits per heavy atom. The average molecular weight is 730 g/mol. The van der Waals surface area contributed by atoms with Crippen LogP contribution in [0.1, 0.15) is 40.4 Å². The van der Waals surface area contributed by atoms with Crippen LogP contribution in [0.15, 0.2) is 108 Å². The van der Waals surface area contributed by atoms with E-state index in [2.05, 4.69) is 20.5 Å². The van der Waals surface area contributed by atoms with Crippen molar-refractivity contribution < 1.29 is 24.5 Å². The summed E-state index contributed by atoms with van der Waals surface area (Å²) in [6, 6.07) is 31.5. The number of phenols is 1. The number of carbonyl (C=O) groups excluding carboxylic acids is 2. The lowest BCUT2D eigenvalue weighted by atomic mass is 10.0. The second-order valence-electron chi connectivity index (χ2n) is 14.5. The number of para-hydroxylation sites is 1. The van der Waals surface area contributed by atoms with Gasteiger partial charge in [0.1, 0.15) is 11.9 Å². The van der Waals surface area contributed by atoms with Gasteiger partial charge in [-0.25, -0.2) is 4.79 Å². The van der Waals surface area contributed by atoms with Crippen LogP contribution in [0.2, 0.25) is 0 Å². The van der Waals surface area contributed by atoms with E-state index in [1.165, 1.54) is 12.1 Å². The fourth-order valence-corrected chi connectivity index (χ4v) is 7.93. The molecule has 2 heterocycles. The zero-order valence-electron chi connectivity index (χ0n) is 30.4. The number of aromatic amines is 1. The molecule has 4 atom stereocenters. The second-order valence-corrected chi connectivity index (χ2v) is 14.5. The SMILES string of the molecule is CN(CCN1C[C@H]2CC(OC(=O)Nc3ccccc3-c3ccccc3)C[C@H]2C1)C(=O)c1ccc(CCNC[C@H](O)c2ccc(O)c3[nH]c(=O)ccc23)cc1. The number of amides is 2. The number of aromatic nitrogens is 1. The molecule has 1 aromatic heterocycles. The van der Waals surface area contributed by atoms with Crippen molar-refractivity contribution >= 4 is 28.6 Å². The van der Waals surface area contributed by atoms with E-state index in [1.54, 1.807) is 17.0 Å². The molecule has 11 nitrogen and oxygen atoms in total. The van der Waals surface area contributed by atoms with Gasteiger partial charge in [0, 0.05) is 62.4 Å². The molecular weight excluding hydrogens is 683 g/mol. The van der Waals surface area contributed by atoms with Crippen LogP contribution in [0.5, 0.6) is 5.75 Å². The first-order valence-electron chi connectivity index (χ1n) is 18.6. The molecule has 2 fully saturated rings. The van der Waals surface area contributed by atoms with Crippen LogP contribution in [0, 0.1) is 11.8 Å². The topological polar surface area (TPSA) is 147 Å². The van der Waals surface area contributed by atoms with Gasteiger partial charge < -0.3 is 35.1 Å². The van der Waals surface area contributed by atoms with Crippen LogP contribution < -0.4 is 16.2 Å². The number of pyridine rings is 1. The first kappa shape index (κ1) is 36.9. The third kappa shape index (κ3) is 8.65. The molecule has 0 bridgehead atoms. The molecule has 5 N–H and O–H groups in total. The summed E-state index contributed by atoms with van der Waals surface area (Å²) < 4.78 is 5.89. The molecule has 54 heavy (non-hydrogen) atoms. The van der Waals surface area contributed by atoms with E-state index in [0.717, 1.165) is 61.3 Å². The summed E-state index contributed by atoms with van der Waals surface area (Å²) in [6.45, 7) is 4.23. The number of H-pyrrole nitrogens is 1. The molecule has 1 saturated heterocycles. The highest BCUT2D eigenvalue weighted by Crippen LogP contribution is 2.39. The highest BCUT2D eigenvalue weighted by Gasteiger charge is 2.42. The molecule has 11 heteroatoms. The molecule has 4 aromatic carbocycles. The normalized spacial score (nSPS) is 18.7. The molecule has 7 rings (SSSR count). The number of likely N-dealkylation sites (N-methyl/N-ethyl adjacent to an activating group) is 1. The summed E-state index contributed by atoms with van der Waals surface area (Å²) in [6.07, 6.45) is 1.09. The fourth-order valence-electron chi connectivity index (χ4n) is 7.93. The number of nitrogens with zero attached hydrogens (tertiary/aromatic N) is 2. The van der Waals surface area contributed by atoms with Gasteiger partial charge >= 0.3 is 6.09 Å². The number of aliphatic hydroxyl groups is 1. The zero-order chi connectivity index (χ0) is 37.6. The van der Waals surface area contributed by atoms with Crippen molar-refractivity contribution in [3.05, 3.63) is 130 Å². The quantitative estimate of drug-likeness (QED) is 0.0957. The highest BCUT2D eigenvalue weighted by atomic mass is 16.6. The van der Waals surface area contributed by atoms with Crippen LogP contribution in [-0.2, 0) is 11.2 Å². The molecule has 1 unspecified atom stereocenters. The van der Waals surface area contributed by atoms with Gasteiger partial charge in [0.15, 0.2) is 0 Å². The van der Waals surface area contributed by atoms with Crippen molar-refractivity contribution in [1.82, 2.24) is 20.1 Å². The number of phenolic OH excluding ortho intramolecular Hbond substituents is 1. The van der Waals surface area contributed by atoms with Crippen molar-refractivity contribution in [2.75, 3.05) is 51.6 Å². The first-order valence-corrected chi connectivity index (χ1v) is 18.6. The maximum absolute atomic E-state index is 13.2. The van der Waals surface area contributed by atoms with Crippen molar-refractivity contribution in [1.29, 1.82) is 0 Å². The van der Waals surface area contributed by atoms with E-state index in [-0.39, 0.29) is 23.3 Å². The predicted molar refractivity (Wildman–Crippen MR) is 210 cm³/mol. The smallest absolute Gasteiger partial charge is 0.411 e. The Balaban J connectivity index is 0.807. The van der Waals surface area contributed by atoms with Crippen LogP contribution in [0.4, 0.5) is 10.5 Å². The maximum atomic E-state index is 13.2. The van der Waals surface area contributed by atoms with Gasteiger partial charge in [0.2, 0.25) is 5.56 Å². The lowest BCUT2D eigenvalue weighted by Crippen LogP contribution is -2.36. The Morgan fingerprint density at radius 2 is 1.65 bits per heavy atom. The van der Waals surface area contributed by atoms with Crippen molar-refractivity contribution in [3.8, 4) is 16.9 Å². The van der Waals surface area contributed by atoms with E-state index in [4.69, 9.17) is 4.74 Å². The number of rotatable bonds is 13. The average Bonchev–Trinajstić information content (AvgIpc) is 3.74. The maximum Gasteiger partial charge on any atom is 0.411 e. The van der Waals surface area contributed by atoms with Crippen LogP contribution in [-0.4, -0.2) is 89.4 Å². The number of nitrogens with one attached hydrogen (secondary N) is 3. The summed E-state index contributed by atoms with van der Waals surface area (Å²) in [7, 11) is 1.84. The van der Waals surface area contributed by atoms with E-state index in [0.29, 0.717) is 53.5 Å². The van der Waals surface area contributed by atoms with Gasteiger partial charge in [0.05, 0.1) is 17.3 Å². The van der Waals surface area contributed by atoms with Gasteiger partial charge in [-0.3, -0.25) is 14.9 Å².